The Hall–Kier alpha value is -2.10. The van der Waals surface area contributed by atoms with Crippen molar-refractivity contribution in [1.29, 1.82) is 0 Å². The van der Waals surface area contributed by atoms with Gasteiger partial charge in [0.1, 0.15) is 0 Å². The zero-order valence-electron chi connectivity index (χ0n) is 11.2. The molecular formula is C11H13ClN6O3. The maximum absolute atomic E-state index is 10.8. The van der Waals surface area contributed by atoms with Crippen molar-refractivity contribution in [3.05, 3.63) is 39.2 Å². The van der Waals surface area contributed by atoms with Crippen LogP contribution in [0.5, 0.6) is 0 Å². The van der Waals surface area contributed by atoms with E-state index in [2.05, 4.69) is 20.8 Å². The van der Waals surface area contributed by atoms with Crippen LogP contribution in [0.15, 0.2) is 18.2 Å². The molecule has 10 heteroatoms. The highest BCUT2D eigenvalue weighted by atomic mass is 35.5. The number of nitrogens with zero attached hydrogens (tertiary/aromatic N) is 5. The van der Waals surface area contributed by atoms with Gasteiger partial charge in [0, 0.05) is 25.8 Å². The molecule has 0 fully saturated rings. The predicted molar refractivity (Wildman–Crippen MR) is 74.4 cm³/mol. The largest absolute Gasteiger partial charge is 0.383 e. The standard InChI is InChI=1S/C11H13ClN6O3/c1-21-5-4-13-7-11-14-15-16-17(11)10-6-8(18(19)20)2-3-9(10)12/h2-3,6,13H,4-5,7H2,1H3. The molecule has 2 aromatic rings. The molecule has 1 aromatic carbocycles. The number of nitrogens with one attached hydrogen (secondary N) is 1. The maximum Gasteiger partial charge on any atom is 0.271 e. The van der Waals surface area contributed by atoms with E-state index in [-0.39, 0.29) is 5.69 Å². The van der Waals surface area contributed by atoms with E-state index in [4.69, 9.17) is 16.3 Å². The number of nitro groups is 1. The first-order valence-electron chi connectivity index (χ1n) is 6.04. The van der Waals surface area contributed by atoms with Crippen LogP contribution in [-0.4, -0.2) is 45.4 Å². The second-order valence-corrected chi connectivity index (χ2v) is 4.48. The van der Waals surface area contributed by atoms with E-state index < -0.39 is 4.92 Å². The van der Waals surface area contributed by atoms with Crippen LogP contribution in [0.3, 0.4) is 0 Å². The lowest BCUT2D eigenvalue weighted by atomic mass is 10.3. The predicted octanol–water partition coefficient (Wildman–Crippen LogP) is 0.960. The molecule has 0 saturated carbocycles. The van der Waals surface area contributed by atoms with Gasteiger partial charge < -0.3 is 10.1 Å². The normalized spacial score (nSPS) is 10.8. The average Bonchev–Trinajstić information content (AvgIpc) is 2.92. The molecule has 0 spiro atoms. The van der Waals surface area contributed by atoms with E-state index in [1.165, 1.54) is 22.9 Å². The number of tetrazole rings is 1. The van der Waals surface area contributed by atoms with E-state index in [1.807, 2.05) is 0 Å². The minimum Gasteiger partial charge on any atom is -0.383 e. The van der Waals surface area contributed by atoms with Crippen molar-refractivity contribution >= 4 is 17.3 Å². The molecule has 1 N–H and O–H groups in total. The molecule has 112 valence electrons. The summed E-state index contributed by atoms with van der Waals surface area (Å²) in [6.45, 7) is 1.57. The third-order valence-electron chi connectivity index (χ3n) is 2.67. The first kappa shape index (κ1) is 15.3. The first-order valence-corrected chi connectivity index (χ1v) is 6.42. The highest BCUT2D eigenvalue weighted by molar-refractivity contribution is 6.32. The Bertz CT molecular complexity index is 632. The van der Waals surface area contributed by atoms with Crippen LogP contribution in [0.25, 0.3) is 5.69 Å². The zero-order valence-corrected chi connectivity index (χ0v) is 11.9. The molecule has 21 heavy (non-hydrogen) atoms. The van der Waals surface area contributed by atoms with Gasteiger partial charge in [-0.3, -0.25) is 10.1 Å². The quantitative estimate of drug-likeness (QED) is 0.461. The van der Waals surface area contributed by atoms with Crippen LogP contribution in [0.1, 0.15) is 5.82 Å². The molecule has 0 aliphatic carbocycles. The van der Waals surface area contributed by atoms with Crippen LogP contribution in [-0.2, 0) is 11.3 Å². The Morgan fingerprint density at radius 2 is 2.33 bits per heavy atom. The lowest BCUT2D eigenvalue weighted by Gasteiger charge is -2.07. The van der Waals surface area contributed by atoms with Gasteiger partial charge in [0.05, 0.1) is 28.8 Å². The Morgan fingerprint density at radius 3 is 3.05 bits per heavy atom. The number of hydrogen-bond donors (Lipinski definition) is 1. The van der Waals surface area contributed by atoms with Crippen LogP contribution in [0.4, 0.5) is 5.69 Å². The molecule has 1 aromatic heterocycles. The first-order chi connectivity index (χ1) is 10.1. The maximum atomic E-state index is 10.8. The number of aromatic nitrogens is 4. The number of nitro benzene ring substituents is 1. The third kappa shape index (κ3) is 3.72. The van der Waals surface area contributed by atoms with Crippen LogP contribution >= 0.6 is 11.6 Å². The van der Waals surface area contributed by atoms with E-state index in [0.717, 1.165) is 0 Å². The van der Waals surface area contributed by atoms with Gasteiger partial charge >= 0.3 is 0 Å². The summed E-state index contributed by atoms with van der Waals surface area (Å²) in [5, 5.41) is 25.5. The lowest BCUT2D eigenvalue weighted by molar-refractivity contribution is -0.384. The van der Waals surface area contributed by atoms with Crippen molar-refractivity contribution in [2.24, 2.45) is 0 Å². The van der Waals surface area contributed by atoms with Crippen molar-refractivity contribution in [2.75, 3.05) is 20.3 Å². The molecule has 0 amide bonds. The molecular weight excluding hydrogens is 300 g/mol. The highest BCUT2D eigenvalue weighted by Gasteiger charge is 2.15. The fraction of sp³-hybridized carbons (Fsp3) is 0.364. The Kier molecular flexibility index (Phi) is 5.14. The number of rotatable bonds is 7. The summed E-state index contributed by atoms with van der Waals surface area (Å²) in [5.41, 5.74) is 0.280. The summed E-state index contributed by atoms with van der Waals surface area (Å²) < 4.78 is 6.29. The number of ether oxygens (including phenoxy) is 1. The minimum atomic E-state index is -0.499. The monoisotopic (exact) mass is 312 g/mol. The van der Waals surface area contributed by atoms with Gasteiger partial charge in [0.15, 0.2) is 5.82 Å². The van der Waals surface area contributed by atoms with Gasteiger partial charge in [0.2, 0.25) is 0 Å². The summed E-state index contributed by atoms with van der Waals surface area (Å²) in [5.74, 6) is 0.494. The van der Waals surface area contributed by atoms with Crippen molar-refractivity contribution in [2.45, 2.75) is 6.54 Å². The Labute approximate surface area is 125 Å². The molecule has 0 atom stereocenters. The molecule has 0 aliphatic heterocycles. The summed E-state index contributed by atoms with van der Waals surface area (Å²) in [6, 6.07) is 4.10. The zero-order chi connectivity index (χ0) is 15.2. The van der Waals surface area contributed by atoms with Gasteiger partial charge in [-0.05, 0) is 16.5 Å². The smallest absolute Gasteiger partial charge is 0.271 e. The average molecular weight is 313 g/mol. The topological polar surface area (TPSA) is 108 Å². The number of halogens is 1. The van der Waals surface area contributed by atoms with Gasteiger partial charge in [-0.1, -0.05) is 11.6 Å². The van der Waals surface area contributed by atoms with Gasteiger partial charge in [0.25, 0.3) is 5.69 Å². The summed E-state index contributed by atoms with van der Waals surface area (Å²) >= 11 is 6.07. The molecule has 0 saturated heterocycles. The number of hydrogen-bond acceptors (Lipinski definition) is 7. The summed E-state index contributed by atoms with van der Waals surface area (Å²) in [4.78, 5) is 10.3. The fourth-order valence-corrected chi connectivity index (χ4v) is 1.85. The Balaban J connectivity index is 2.24. The van der Waals surface area contributed by atoms with Crippen molar-refractivity contribution in [3.63, 3.8) is 0 Å². The third-order valence-corrected chi connectivity index (χ3v) is 2.99. The van der Waals surface area contributed by atoms with Gasteiger partial charge in [-0.25, -0.2) is 0 Å². The van der Waals surface area contributed by atoms with Gasteiger partial charge in [-0.15, -0.1) is 5.10 Å². The van der Waals surface area contributed by atoms with E-state index in [0.29, 0.717) is 36.2 Å². The molecule has 9 nitrogen and oxygen atoms in total. The molecule has 2 rings (SSSR count). The van der Waals surface area contributed by atoms with E-state index >= 15 is 0 Å². The molecule has 1 heterocycles. The number of benzene rings is 1. The van der Waals surface area contributed by atoms with Crippen molar-refractivity contribution in [3.8, 4) is 5.69 Å². The van der Waals surface area contributed by atoms with Crippen LogP contribution in [0, 0.1) is 10.1 Å². The van der Waals surface area contributed by atoms with E-state index in [1.54, 1.807) is 7.11 Å². The summed E-state index contributed by atoms with van der Waals surface area (Å²) in [7, 11) is 1.61. The van der Waals surface area contributed by atoms with Crippen molar-refractivity contribution in [1.82, 2.24) is 25.5 Å². The second kappa shape index (κ2) is 7.07. The summed E-state index contributed by atoms with van der Waals surface area (Å²) in [6.07, 6.45) is 0. The fourth-order valence-electron chi connectivity index (χ4n) is 1.65. The van der Waals surface area contributed by atoms with Crippen molar-refractivity contribution < 1.29 is 9.66 Å². The molecule has 0 radical (unpaired) electrons. The van der Waals surface area contributed by atoms with Crippen LogP contribution in [0.2, 0.25) is 5.02 Å². The minimum absolute atomic E-state index is 0.0804. The van der Waals surface area contributed by atoms with Crippen LogP contribution < -0.4 is 5.32 Å². The molecule has 0 aliphatic rings. The lowest BCUT2D eigenvalue weighted by Crippen LogP contribution is -2.21. The number of methoxy groups -OCH3 is 1. The molecule has 0 unspecified atom stereocenters. The molecule has 0 bridgehead atoms. The second-order valence-electron chi connectivity index (χ2n) is 4.07. The van der Waals surface area contributed by atoms with Gasteiger partial charge in [-0.2, -0.15) is 4.68 Å². The Morgan fingerprint density at radius 1 is 1.52 bits per heavy atom. The SMILES string of the molecule is COCCNCc1nnnn1-c1cc([N+](=O)[O-])ccc1Cl. The highest BCUT2D eigenvalue weighted by Crippen LogP contribution is 2.25. The number of non-ortho nitro benzene ring substituents is 1. The van der Waals surface area contributed by atoms with E-state index in [9.17, 15) is 10.1 Å².